The zero-order valence-corrected chi connectivity index (χ0v) is 24.6. The fraction of sp³-hybridized carbons (Fsp3) is 0.207. The van der Waals surface area contributed by atoms with Crippen LogP contribution in [0.15, 0.2) is 53.2 Å². The Morgan fingerprint density at radius 2 is 1.93 bits per heavy atom. The average Bonchev–Trinajstić information content (AvgIpc) is 3.29. The lowest BCUT2D eigenvalue weighted by atomic mass is 9.95. The topological polar surface area (TPSA) is 117 Å². The van der Waals surface area contributed by atoms with E-state index in [-0.39, 0.29) is 23.6 Å². The van der Waals surface area contributed by atoms with E-state index in [0.29, 0.717) is 39.9 Å². The maximum absolute atomic E-state index is 15.0. The molecule has 0 bridgehead atoms. The minimum Gasteiger partial charge on any atom is -0.476 e. The molecular formula is C29H24F2N4O4S3. The number of halogens is 2. The van der Waals surface area contributed by atoms with Crippen molar-refractivity contribution in [1.29, 1.82) is 0 Å². The first-order valence-corrected chi connectivity index (χ1v) is 15.8. The molecule has 1 aliphatic carbocycles. The van der Waals surface area contributed by atoms with E-state index in [1.807, 2.05) is 18.4 Å². The number of nitrogens with zero attached hydrogens (tertiary/aromatic N) is 3. The van der Waals surface area contributed by atoms with E-state index in [0.717, 1.165) is 45.9 Å². The van der Waals surface area contributed by atoms with Gasteiger partial charge in [0.2, 0.25) is 5.13 Å². The molecule has 2 aromatic carbocycles. The molecule has 42 heavy (non-hydrogen) atoms. The molecule has 0 aliphatic heterocycles. The maximum atomic E-state index is 15.0. The van der Waals surface area contributed by atoms with E-state index < -0.39 is 23.1 Å². The number of hydrogen-bond acceptors (Lipinski definition) is 6. The van der Waals surface area contributed by atoms with Crippen molar-refractivity contribution in [3.8, 4) is 26.8 Å². The second-order valence-electron chi connectivity index (χ2n) is 10.2. The zero-order valence-electron chi connectivity index (χ0n) is 22.1. The van der Waals surface area contributed by atoms with Crippen LogP contribution < -0.4 is 4.72 Å². The van der Waals surface area contributed by atoms with Crippen LogP contribution in [0.5, 0.6) is 0 Å². The fourth-order valence-corrected chi connectivity index (χ4v) is 6.85. The van der Waals surface area contributed by atoms with Crippen LogP contribution in [0.25, 0.3) is 26.8 Å². The molecule has 3 N–H and O–H groups in total. The van der Waals surface area contributed by atoms with Crippen molar-refractivity contribution < 1.29 is 27.4 Å². The van der Waals surface area contributed by atoms with E-state index in [9.17, 15) is 18.5 Å². The summed E-state index contributed by atoms with van der Waals surface area (Å²) in [5.41, 5.74) is 4.72. The summed E-state index contributed by atoms with van der Waals surface area (Å²) in [6.07, 6.45) is 3.01. The molecular weight excluding hydrogens is 603 g/mol. The van der Waals surface area contributed by atoms with Gasteiger partial charge < -0.3 is 5.11 Å². The predicted octanol–water partition coefficient (Wildman–Crippen LogP) is 7.10. The molecule has 8 nitrogen and oxygen atoms in total. The maximum Gasteiger partial charge on any atom is 0.355 e. The van der Waals surface area contributed by atoms with Crippen molar-refractivity contribution in [3.63, 3.8) is 0 Å². The summed E-state index contributed by atoms with van der Waals surface area (Å²) in [5.74, 6) is -1.77. The van der Waals surface area contributed by atoms with Crippen LogP contribution >= 0.6 is 22.7 Å². The van der Waals surface area contributed by atoms with Crippen LogP contribution in [-0.4, -0.2) is 34.6 Å². The molecule has 13 heteroatoms. The van der Waals surface area contributed by atoms with Crippen molar-refractivity contribution in [2.45, 2.75) is 32.6 Å². The van der Waals surface area contributed by atoms with Gasteiger partial charge in [0.15, 0.2) is 5.69 Å². The Kier molecular flexibility index (Phi) is 7.75. The summed E-state index contributed by atoms with van der Waals surface area (Å²) in [4.78, 5) is 16.7. The third-order valence-corrected chi connectivity index (χ3v) is 9.30. The normalized spacial score (nSPS) is 13.8. The fourth-order valence-electron chi connectivity index (χ4n) is 4.81. The first-order chi connectivity index (χ1) is 20.2. The highest BCUT2D eigenvalue weighted by molar-refractivity contribution is 7.80. The molecule has 0 radical (unpaired) electrons. The van der Waals surface area contributed by atoms with Gasteiger partial charge in [-0.25, -0.2) is 27.5 Å². The number of hydrogen-bond donors (Lipinski definition) is 3. The summed E-state index contributed by atoms with van der Waals surface area (Å²) >= 11 is 0.184. The van der Waals surface area contributed by atoms with Crippen LogP contribution in [0.2, 0.25) is 0 Å². The van der Waals surface area contributed by atoms with Crippen molar-refractivity contribution >= 4 is 45.6 Å². The number of aromatic nitrogens is 3. The first-order valence-electron chi connectivity index (χ1n) is 13.0. The number of aromatic carboxylic acids is 1. The largest absolute Gasteiger partial charge is 0.476 e. The molecule has 3 aromatic heterocycles. The lowest BCUT2D eigenvalue weighted by Gasteiger charge is -2.11. The summed E-state index contributed by atoms with van der Waals surface area (Å²) < 4.78 is 54.0. The minimum absolute atomic E-state index is 0.0884. The molecule has 216 valence electrons. The van der Waals surface area contributed by atoms with E-state index in [4.69, 9.17) is 9.65 Å². The van der Waals surface area contributed by atoms with Crippen LogP contribution in [0, 0.1) is 24.5 Å². The zero-order chi connectivity index (χ0) is 29.5. The highest BCUT2D eigenvalue weighted by Gasteiger charge is 2.29. The second-order valence-corrected chi connectivity index (χ2v) is 12.6. The molecule has 0 spiro atoms. The summed E-state index contributed by atoms with van der Waals surface area (Å²) in [5, 5.41) is 18.2. The van der Waals surface area contributed by atoms with Gasteiger partial charge in [0, 0.05) is 33.4 Å². The molecule has 5 aromatic rings. The van der Waals surface area contributed by atoms with Gasteiger partial charge in [0.25, 0.3) is 11.3 Å². The van der Waals surface area contributed by atoms with Gasteiger partial charge in [-0.2, -0.15) is 5.10 Å². The van der Waals surface area contributed by atoms with Crippen molar-refractivity contribution in [2.24, 2.45) is 5.92 Å². The van der Waals surface area contributed by atoms with Gasteiger partial charge in [-0.15, -0.1) is 22.7 Å². The summed E-state index contributed by atoms with van der Waals surface area (Å²) in [7, 11) is 0. The lowest BCUT2D eigenvalue weighted by molar-refractivity contribution is 0.0691. The van der Waals surface area contributed by atoms with Crippen LogP contribution in [0.3, 0.4) is 0 Å². The average molecular weight is 627 g/mol. The van der Waals surface area contributed by atoms with Gasteiger partial charge in [-0.3, -0.25) is 9.27 Å². The van der Waals surface area contributed by atoms with Crippen molar-refractivity contribution in [1.82, 2.24) is 14.8 Å². The Labute approximate surface area is 250 Å². The highest BCUT2D eigenvalue weighted by atomic mass is 32.2. The molecule has 1 saturated carbocycles. The molecule has 1 fully saturated rings. The monoisotopic (exact) mass is 626 g/mol. The number of aryl methyl sites for hydroxylation is 1. The SMILES string of the molecule is Cc1csc(-c2cc(-c3nn(-c4nc(C(=O)O)cs4)c(CC4CC4)c3Cc3ccc(NS(=O)O)c(F)c3)ccc2F)c1. The minimum atomic E-state index is -2.42. The Balaban J connectivity index is 1.52. The van der Waals surface area contributed by atoms with Gasteiger partial charge in [0.05, 0.1) is 17.1 Å². The molecule has 0 amide bonds. The van der Waals surface area contributed by atoms with Gasteiger partial charge in [-0.1, -0.05) is 6.07 Å². The number of anilines is 1. The van der Waals surface area contributed by atoms with Gasteiger partial charge >= 0.3 is 5.97 Å². The van der Waals surface area contributed by atoms with E-state index in [1.165, 1.54) is 34.9 Å². The number of nitrogens with one attached hydrogen (secondary N) is 1. The smallest absolute Gasteiger partial charge is 0.355 e. The number of thiazole rings is 1. The van der Waals surface area contributed by atoms with Gasteiger partial charge in [0.1, 0.15) is 11.6 Å². The van der Waals surface area contributed by atoms with Gasteiger partial charge in [-0.05, 0) is 85.0 Å². The van der Waals surface area contributed by atoms with E-state index in [2.05, 4.69) is 9.71 Å². The third kappa shape index (κ3) is 5.91. The Hall–Kier alpha value is -3.78. The van der Waals surface area contributed by atoms with Crippen LogP contribution in [0.1, 0.15) is 45.7 Å². The van der Waals surface area contributed by atoms with Crippen molar-refractivity contribution in [2.75, 3.05) is 4.72 Å². The number of carbonyl (C=O) groups is 1. The van der Waals surface area contributed by atoms with Crippen molar-refractivity contribution in [3.05, 3.63) is 92.9 Å². The Bertz CT molecular complexity index is 1840. The number of carboxylic acids is 1. The first kappa shape index (κ1) is 28.3. The predicted molar refractivity (Wildman–Crippen MR) is 160 cm³/mol. The number of benzene rings is 2. The number of rotatable bonds is 10. The van der Waals surface area contributed by atoms with Crippen LogP contribution in [0.4, 0.5) is 14.5 Å². The molecule has 3 heterocycles. The molecule has 0 saturated heterocycles. The number of carboxylic acid groups (broad SMARTS) is 1. The van der Waals surface area contributed by atoms with Crippen LogP contribution in [-0.2, 0) is 24.1 Å². The summed E-state index contributed by atoms with van der Waals surface area (Å²) in [6.45, 7) is 1.95. The Morgan fingerprint density at radius 1 is 1.12 bits per heavy atom. The molecule has 1 atom stereocenters. The number of thiophene rings is 1. The highest BCUT2D eigenvalue weighted by Crippen LogP contribution is 2.40. The third-order valence-electron chi connectivity index (χ3n) is 7.01. The quantitative estimate of drug-likeness (QED) is 0.142. The second kappa shape index (κ2) is 11.5. The van der Waals surface area contributed by atoms with E-state index >= 15 is 4.39 Å². The molecule has 1 unspecified atom stereocenters. The van der Waals surface area contributed by atoms with E-state index in [1.54, 1.807) is 22.9 Å². The lowest BCUT2D eigenvalue weighted by Crippen LogP contribution is -2.07. The molecule has 6 rings (SSSR count). The molecule has 1 aliphatic rings. The standard InChI is InChI=1S/C29H24F2N4O4S3/c1-15-8-26(40-13-15)19-12-18(5-6-21(19)30)27-20(9-17-4-7-23(22(31)10-17)34-42(38)39)25(11-16-2-3-16)35(33-27)29-32-24(14-41-29)28(36)37/h4-8,10,12-14,16,34H,2-3,9,11H2,1H3,(H,36,37)(H,38,39). The Morgan fingerprint density at radius 3 is 2.57 bits per heavy atom. The summed E-state index contributed by atoms with van der Waals surface area (Å²) in [6, 6.07) is 11.1.